The number of carbonyl (C=O) groups excluding carboxylic acids is 2. The zero-order chi connectivity index (χ0) is 46.8. The molecule has 0 bridgehead atoms. The molecule has 0 heterocycles. The lowest BCUT2D eigenvalue weighted by Crippen LogP contribution is -2.34. The first-order valence-electron chi connectivity index (χ1n) is 23.6. The van der Waals surface area contributed by atoms with Crippen LogP contribution in [0.2, 0.25) is 0 Å². The second-order valence-corrected chi connectivity index (χ2v) is 17.6. The summed E-state index contributed by atoms with van der Waals surface area (Å²) in [7, 11) is -4.81. The number of unbranched alkanes of at least 4 members (excludes halogenated alkanes) is 17. The minimum Gasteiger partial charge on any atom is -0.480 e. The molecule has 6 atom stereocenters. The van der Waals surface area contributed by atoms with Gasteiger partial charge in [-0.3, -0.25) is 23.4 Å². The van der Waals surface area contributed by atoms with Crippen molar-refractivity contribution in [3.8, 4) is 0 Å². The molecule has 364 valence electrons. The summed E-state index contributed by atoms with van der Waals surface area (Å²) < 4.78 is 32.5. The van der Waals surface area contributed by atoms with Crippen LogP contribution in [-0.2, 0) is 37.5 Å². The van der Waals surface area contributed by atoms with E-state index in [-0.39, 0.29) is 25.7 Å². The van der Waals surface area contributed by atoms with Crippen molar-refractivity contribution in [3.05, 3.63) is 60.8 Å². The second-order valence-electron chi connectivity index (χ2n) is 16.1. The maximum atomic E-state index is 12.7. The van der Waals surface area contributed by atoms with Crippen LogP contribution in [0.5, 0.6) is 0 Å². The molecule has 0 aromatic rings. The number of nitrogens with two attached hydrogens (primary N) is 1. The number of phosphoric acid groups is 1. The van der Waals surface area contributed by atoms with Gasteiger partial charge < -0.3 is 40.5 Å². The monoisotopic (exact) mass is 914 g/mol. The number of allylic oxidation sites excluding steroid dienone is 8. The Labute approximate surface area is 378 Å². The van der Waals surface area contributed by atoms with Crippen LogP contribution in [0.1, 0.15) is 174 Å². The zero-order valence-corrected chi connectivity index (χ0v) is 39.4. The van der Waals surface area contributed by atoms with Crippen molar-refractivity contribution in [1.82, 2.24) is 0 Å². The first kappa shape index (κ1) is 60.1. The summed E-state index contributed by atoms with van der Waals surface area (Å²) in [5.41, 5.74) is 5.32. The van der Waals surface area contributed by atoms with E-state index in [1.807, 2.05) is 0 Å². The fraction of sp³-hybridized carbons (Fsp3) is 0.729. The van der Waals surface area contributed by atoms with E-state index in [1.165, 1.54) is 76.7 Å². The van der Waals surface area contributed by atoms with Crippen molar-refractivity contribution in [2.75, 3.05) is 19.8 Å². The molecule has 7 N–H and O–H groups in total. The molecule has 0 aliphatic heterocycles. The molecule has 15 heteroatoms. The summed E-state index contributed by atoms with van der Waals surface area (Å²) in [4.78, 5) is 46.1. The standard InChI is InChI=1S/C48H84NO13P/c1-3-5-7-8-9-10-11-12-13-14-15-16-17-18-19-20-21-26-30-36-47(54)62-42(39-60-63(57,58)61-40-43(49)48(55)56)38-59-46(53)37-31-35-45(52)44(51)34-29-25-23-22-24-28-33-41(50)32-27-6-4-2/h12-13,22-25,28-29,33-34,41-45,50-52H,3-11,14-21,26-27,30-32,35-40,49H2,1-2H3,(H,55,56)(H,57,58)/b13-12-,24-22-,25-23+,33-28+,34-29+/t41-,42-,43+,44-,45-/m1/s1. The number of aliphatic hydroxyl groups is 3. The van der Waals surface area contributed by atoms with Gasteiger partial charge in [0.1, 0.15) is 12.6 Å². The van der Waals surface area contributed by atoms with Crippen LogP contribution in [0.25, 0.3) is 0 Å². The number of aliphatic carboxylic acids is 1. The highest BCUT2D eigenvalue weighted by Gasteiger charge is 2.28. The van der Waals surface area contributed by atoms with Gasteiger partial charge in [-0.2, -0.15) is 0 Å². The third-order valence-electron chi connectivity index (χ3n) is 10.1. The van der Waals surface area contributed by atoms with Gasteiger partial charge in [-0.15, -0.1) is 0 Å². The summed E-state index contributed by atoms with van der Waals surface area (Å²) in [6.45, 7) is 2.35. The molecule has 14 nitrogen and oxygen atoms in total. The van der Waals surface area contributed by atoms with E-state index in [0.29, 0.717) is 6.42 Å². The van der Waals surface area contributed by atoms with Gasteiger partial charge in [0.2, 0.25) is 0 Å². The minimum atomic E-state index is -4.81. The largest absolute Gasteiger partial charge is 0.480 e. The van der Waals surface area contributed by atoms with Crippen molar-refractivity contribution >= 4 is 25.7 Å². The average Bonchev–Trinajstić information content (AvgIpc) is 3.25. The number of rotatable bonds is 43. The number of esters is 2. The molecule has 1 unspecified atom stereocenters. The minimum absolute atomic E-state index is 0.0812. The van der Waals surface area contributed by atoms with E-state index in [9.17, 15) is 39.2 Å². The summed E-state index contributed by atoms with van der Waals surface area (Å²) in [5.74, 6) is -2.75. The maximum absolute atomic E-state index is 12.7. The fourth-order valence-corrected chi connectivity index (χ4v) is 6.99. The molecule has 0 aromatic carbocycles. The van der Waals surface area contributed by atoms with Crippen LogP contribution in [0.15, 0.2) is 60.8 Å². The lowest BCUT2D eigenvalue weighted by molar-refractivity contribution is -0.161. The van der Waals surface area contributed by atoms with Gasteiger partial charge in [0, 0.05) is 12.8 Å². The number of carbonyl (C=O) groups is 3. The van der Waals surface area contributed by atoms with Crippen LogP contribution >= 0.6 is 7.82 Å². The molecule has 0 fully saturated rings. The highest BCUT2D eigenvalue weighted by atomic mass is 31.2. The number of hydrogen-bond acceptors (Lipinski definition) is 12. The Kier molecular flexibility index (Phi) is 39.8. The second kappa shape index (κ2) is 41.7. The van der Waals surface area contributed by atoms with Gasteiger partial charge in [0.15, 0.2) is 6.10 Å². The van der Waals surface area contributed by atoms with Gasteiger partial charge in [-0.1, -0.05) is 171 Å². The number of ether oxygens (including phenoxy) is 2. The number of carboxylic acids is 1. The quantitative estimate of drug-likeness (QED) is 0.0110. The lowest BCUT2D eigenvalue weighted by Gasteiger charge is -2.20. The SMILES string of the molecule is CCCCCCCC/C=C\CCCCCCCCCCCC(=O)O[C@H](COC(=O)CCC[C@@H](O)[C@H](O)/C=C/C=C/C=C\C=C\[C@H](O)CCCCC)COP(=O)(O)OC[C@H](N)C(=O)O. The van der Waals surface area contributed by atoms with Crippen LogP contribution in [0.3, 0.4) is 0 Å². The Hall–Kier alpha value is -2.94. The highest BCUT2D eigenvalue weighted by molar-refractivity contribution is 7.47. The molecule has 0 aliphatic carbocycles. The van der Waals surface area contributed by atoms with Gasteiger partial charge in [-0.05, 0) is 51.4 Å². The van der Waals surface area contributed by atoms with Crippen LogP contribution in [-0.4, -0.2) is 93.5 Å². The van der Waals surface area contributed by atoms with Crippen LogP contribution < -0.4 is 5.73 Å². The molecular weight excluding hydrogens is 829 g/mol. The molecule has 0 saturated carbocycles. The normalized spacial score (nSPS) is 15.7. The molecule has 0 amide bonds. The van der Waals surface area contributed by atoms with Gasteiger partial charge >= 0.3 is 25.7 Å². The Bertz CT molecular complexity index is 1350. The summed E-state index contributed by atoms with van der Waals surface area (Å²) in [6.07, 6.45) is 37.9. The van der Waals surface area contributed by atoms with Gasteiger partial charge in [-0.25, -0.2) is 4.57 Å². The predicted molar refractivity (Wildman–Crippen MR) is 249 cm³/mol. The van der Waals surface area contributed by atoms with E-state index in [1.54, 1.807) is 42.5 Å². The van der Waals surface area contributed by atoms with Crippen molar-refractivity contribution in [2.24, 2.45) is 5.73 Å². The molecule has 0 saturated heterocycles. The highest BCUT2D eigenvalue weighted by Crippen LogP contribution is 2.43. The van der Waals surface area contributed by atoms with Gasteiger partial charge in [0.05, 0.1) is 31.5 Å². The van der Waals surface area contributed by atoms with E-state index in [0.717, 1.165) is 57.8 Å². The zero-order valence-electron chi connectivity index (χ0n) is 38.5. The van der Waals surface area contributed by atoms with Crippen molar-refractivity contribution in [3.63, 3.8) is 0 Å². The molecule has 0 radical (unpaired) electrons. The van der Waals surface area contributed by atoms with Crippen molar-refractivity contribution in [1.29, 1.82) is 0 Å². The van der Waals surface area contributed by atoms with Gasteiger partial charge in [0.25, 0.3) is 0 Å². The van der Waals surface area contributed by atoms with E-state index < -0.39 is 76.0 Å². The first-order chi connectivity index (χ1) is 30.3. The molecular formula is C48H84NO13P. The van der Waals surface area contributed by atoms with E-state index >= 15 is 0 Å². The number of hydrogen-bond donors (Lipinski definition) is 6. The van der Waals surface area contributed by atoms with E-state index in [4.69, 9.17) is 24.8 Å². The first-order valence-corrected chi connectivity index (χ1v) is 25.1. The molecule has 63 heavy (non-hydrogen) atoms. The number of aliphatic hydroxyl groups excluding tert-OH is 3. The number of phosphoric ester groups is 1. The molecule has 0 spiro atoms. The molecule has 0 rings (SSSR count). The van der Waals surface area contributed by atoms with Crippen molar-refractivity contribution < 1.29 is 62.8 Å². The van der Waals surface area contributed by atoms with Crippen LogP contribution in [0.4, 0.5) is 0 Å². The Morgan fingerprint density at radius 3 is 1.67 bits per heavy atom. The molecule has 0 aliphatic rings. The summed E-state index contributed by atoms with van der Waals surface area (Å²) >= 11 is 0. The summed E-state index contributed by atoms with van der Waals surface area (Å²) in [6, 6.07) is -1.57. The Balaban J connectivity index is 4.61. The lowest BCUT2D eigenvalue weighted by atomic mass is 10.1. The maximum Gasteiger partial charge on any atom is 0.472 e. The Morgan fingerprint density at radius 1 is 0.587 bits per heavy atom. The van der Waals surface area contributed by atoms with Crippen LogP contribution in [0, 0.1) is 0 Å². The fourth-order valence-electron chi connectivity index (χ4n) is 6.21. The third-order valence-corrected chi connectivity index (χ3v) is 11.1. The number of carboxylic acid groups (broad SMARTS) is 1. The summed E-state index contributed by atoms with van der Waals surface area (Å²) in [5, 5.41) is 39.4. The predicted octanol–water partition coefficient (Wildman–Crippen LogP) is 9.64. The third kappa shape index (κ3) is 40.3. The van der Waals surface area contributed by atoms with E-state index in [2.05, 4.69) is 30.5 Å². The van der Waals surface area contributed by atoms with Crippen molar-refractivity contribution in [2.45, 2.75) is 205 Å². The Morgan fingerprint density at radius 2 is 1.08 bits per heavy atom. The topological polar surface area (TPSA) is 232 Å². The smallest absolute Gasteiger partial charge is 0.472 e. The average molecular weight is 914 g/mol. The molecule has 0 aromatic heterocycles.